The van der Waals surface area contributed by atoms with E-state index in [1.54, 1.807) is 18.2 Å². The minimum Gasteiger partial charge on any atom is -0.339 e. The maximum atomic E-state index is 12.4. The summed E-state index contributed by atoms with van der Waals surface area (Å²) in [6.07, 6.45) is 6.31. The number of benzene rings is 1. The monoisotopic (exact) mass is 324 g/mol. The highest BCUT2D eigenvalue weighted by atomic mass is 16.2. The average molecular weight is 324 g/mol. The van der Waals surface area contributed by atoms with Crippen LogP contribution in [-0.4, -0.2) is 39.6 Å². The Morgan fingerprint density at radius 2 is 1.88 bits per heavy atom. The number of ketones is 1. The second-order valence-corrected chi connectivity index (χ2v) is 5.90. The lowest BCUT2D eigenvalue weighted by molar-refractivity contribution is 0.0718. The Bertz CT molecular complexity index is 737. The number of amides is 1. The van der Waals surface area contributed by atoms with Gasteiger partial charge in [-0.05, 0) is 38.3 Å². The number of piperidine rings is 1. The molecular weight excluding hydrogens is 304 g/mol. The molecule has 0 radical (unpaired) electrons. The summed E-state index contributed by atoms with van der Waals surface area (Å²) in [5.74, 6) is 0.477. The number of anilines is 2. The van der Waals surface area contributed by atoms with Gasteiger partial charge in [-0.2, -0.15) is 0 Å². The molecule has 0 atom stereocenters. The highest BCUT2D eigenvalue weighted by Crippen LogP contribution is 2.17. The first kappa shape index (κ1) is 16.1. The van der Waals surface area contributed by atoms with E-state index in [1.165, 1.54) is 25.7 Å². The molecule has 3 rings (SSSR count). The summed E-state index contributed by atoms with van der Waals surface area (Å²) >= 11 is 0. The first-order chi connectivity index (χ1) is 11.6. The van der Waals surface area contributed by atoms with Crippen LogP contribution in [0.3, 0.4) is 0 Å². The van der Waals surface area contributed by atoms with Gasteiger partial charge in [-0.25, -0.2) is 9.97 Å². The molecular formula is C18H20N4O2. The first-order valence-electron chi connectivity index (χ1n) is 8.13. The number of carbonyl (C=O) groups is 2. The number of rotatable bonds is 4. The lowest BCUT2D eigenvalue weighted by Crippen LogP contribution is -2.36. The van der Waals surface area contributed by atoms with Crippen molar-refractivity contribution in [2.75, 3.05) is 18.4 Å². The molecule has 2 aromatic rings. The normalized spacial score (nSPS) is 14.3. The van der Waals surface area contributed by atoms with Crippen LogP contribution in [-0.2, 0) is 0 Å². The summed E-state index contributed by atoms with van der Waals surface area (Å²) in [5, 5.41) is 3.09. The molecule has 1 aliphatic heterocycles. The topological polar surface area (TPSA) is 75.2 Å². The molecule has 1 aliphatic rings. The van der Waals surface area contributed by atoms with E-state index in [2.05, 4.69) is 15.3 Å². The van der Waals surface area contributed by atoms with E-state index < -0.39 is 0 Å². The maximum absolute atomic E-state index is 12.4. The van der Waals surface area contributed by atoms with E-state index in [0.717, 1.165) is 31.6 Å². The summed E-state index contributed by atoms with van der Waals surface area (Å²) in [6, 6.07) is 7.18. The van der Waals surface area contributed by atoms with Crippen LogP contribution in [0.15, 0.2) is 36.7 Å². The number of Topliss-reactive ketones (excluding diaryl/α,β-unsaturated/α-hetero) is 1. The summed E-state index contributed by atoms with van der Waals surface area (Å²) in [5.41, 5.74) is 1.75. The molecule has 1 amide bonds. The highest BCUT2D eigenvalue weighted by molar-refractivity contribution is 5.95. The fourth-order valence-electron chi connectivity index (χ4n) is 2.73. The fraction of sp³-hybridized carbons (Fsp3) is 0.333. The van der Waals surface area contributed by atoms with Gasteiger partial charge >= 0.3 is 0 Å². The Labute approximate surface area is 140 Å². The summed E-state index contributed by atoms with van der Waals surface area (Å²) in [4.78, 5) is 34.1. The van der Waals surface area contributed by atoms with Gasteiger partial charge in [0.25, 0.3) is 5.91 Å². The highest BCUT2D eigenvalue weighted by Gasteiger charge is 2.19. The number of aromatic nitrogens is 2. The second-order valence-electron chi connectivity index (χ2n) is 5.90. The van der Waals surface area contributed by atoms with Crippen LogP contribution in [0.25, 0.3) is 0 Å². The lowest BCUT2D eigenvalue weighted by atomic mass is 10.1. The Morgan fingerprint density at radius 1 is 1.08 bits per heavy atom. The predicted octanol–water partition coefficient (Wildman–Crippen LogP) is 3.05. The second kappa shape index (κ2) is 7.21. The number of hydrogen-bond acceptors (Lipinski definition) is 5. The van der Waals surface area contributed by atoms with Gasteiger partial charge in [-0.1, -0.05) is 12.1 Å². The quantitative estimate of drug-likeness (QED) is 0.875. The molecule has 0 aliphatic carbocycles. The van der Waals surface area contributed by atoms with Crippen molar-refractivity contribution in [3.05, 3.63) is 47.9 Å². The first-order valence-corrected chi connectivity index (χ1v) is 8.13. The van der Waals surface area contributed by atoms with Gasteiger partial charge in [0.1, 0.15) is 11.5 Å². The minimum atomic E-state index is -0.0627. The molecule has 0 spiro atoms. The third-order valence-electron chi connectivity index (χ3n) is 4.06. The van der Waals surface area contributed by atoms with Gasteiger partial charge in [-0.15, -0.1) is 0 Å². The van der Waals surface area contributed by atoms with Crippen molar-refractivity contribution in [1.82, 2.24) is 14.9 Å². The molecule has 6 heteroatoms. The Kier molecular flexibility index (Phi) is 4.84. The predicted molar refractivity (Wildman–Crippen MR) is 91.5 cm³/mol. The zero-order chi connectivity index (χ0) is 16.9. The molecule has 0 unspecified atom stereocenters. The van der Waals surface area contributed by atoms with Crippen molar-refractivity contribution < 1.29 is 9.59 Å². The van der Waals surface area contributed by atoms with Crippen LogP contribution >= 0.6 is 0 Å². The van der Waals surface area contributed by atoms with E-state index in [4.69, 9.17) is 0 Å². The molecule has 1 aromatic heterocycles. The fourth-order valence-corrected chi connectivity index (χ4v) is 2.73. The van der Waals surface area contributed by atoms with Gasteiger partial charge < -0.3 is 10.2 Å². The van der Waals surface area contributed by atoms with Crippen molar-refractivity contribution >= 4 is 23.2 Å². The third-order valence-corrected chi connectivity index (χ3v) is 4.06. The van der Waals surface area contributed by atoms with E-state index in [0.29, 0.717) is 17.1 Å². The van der Waals surface area contributed by atoms with E-state index in [9.17, 15) is 9.59 Å². The number of carbonyl (C=O) groups excluding carboxylic acids is 2. The standard InChI is InChI=1S/C18H20N4O2/c1-13(23)14-6-5-7-15(10-14)21-17-12-19-16(11-20-17)18(24)22-8-3-2-4-9-22/h5-7,10-12H,2-4,8-9H2,1H3,(H,20,21). The summed E-state index contributed by atoms with van der Waals surface area (Å²) < 4.78 is 0. The molecule has 0 saturated carbocycles. The molecule has 1 saturated heterocycles. The summed E-state index contributed by atoms with van der Waals surface area (Å²) in [7, 11) is 0. The maximum Gasteiger partial charge on any atom is 0.274 e. The van der Waals surface area contributed by atoms with E-state index >= 15 is 0 Å². The van der Waals surface area contributed by atoms with Crippen molar-refractivity contribution in [3.63, 3.8) is 0 Å². The number of nitrogens with zero attached hydrogens (tertiary/aromatic N) is 3. The van der Waals surface area contributed by atoms with Gasteiger partial charge in [0.15, 0.2) is 5.78 Å². The molecule has 6 nitrogen and oxygen atoms in total. The zero-order valence-electron chi connectivity index (χ0n) is 13.7. The lowest BCUT2D eigenvalue weighted by Gasteiger charge is -2.26. The van der Waals surface area contributed by atoms with Gasteiger partial charge in [0.2, 0.25) is 0 Å². The zero-order valence-corrected chi connectivity index (χ0v) is 13.7. The molecule has 2 heterocycles. The molecule has 0 bridgehead atoms. The minimum absolute atomic E-state index is 0.00668. The van der Waals surface area contributed by atoms with Gasteiger partial charge in [-0.3, -0.25) is 9.59 Å². The molecule has 1 fully saturated rings. The van der Waals surface area contributed by atoms with E-state index in [-0.39, 0.29) is 11.7 Å². The SMILES string of the molecule is CC(=O)c1cccc(Nc2cnc(C(=O)N3CCCCC3)cn2)c1. The van der Waals surface area contributed by atoms with Crippen molar-refractivity contribution in [1.29, 1.82) is 0 Å². The summed E-state index contributed by atoms with van der Waals surface area (Å²) in [6.45, 7) is 3.11. The average Bonchev–Trinajstić information content (AvgIpc) is 2.63. The van der Waals surface area contributed by atoms with Crippen LogP contribution in [0.2, 0.25) is 0 Å². The molecule has 1 aromatic carbocycles. The van der Waals surface area contributed by atoms with Crippen molar-refractivity contribution in [3.8, 4) is 0 Å². The van der Waals surface area contributed by atoms with Gasteiger partial charge in [0, 0.05) is 24.3 Å². The van der Waals surface area contributed by atoms with Crippen LogP contribution < -0.4 is 5.32 Å². The van der Waals surface area contributed by atoms with E-state index in [1.807, 2.05) is 11.0 Å². The number of nitrogens with one attached hydrogen (secondary N) is 1. The Hall–Kier alpha value is -2.76. The smallest absolute Gasteiger partial charge is 0.274 e. The van der Waals surface area contributed by atoms with Crippen LogP contribution in [0.4, 0.5) is 11.5 Å². The van der Waals surface area contributed by atoms with Crippen molar-refractivity contribution in [2.24, 2.45) is 0 Å². The van der Waals surface area contributed by atoms with Crippen LogP contribution in [0, 0.1) is 0 Å². The Morgan fingerprint density at radius 3 is 2.54 bits per heavy atom. The van der Waals surface area contributed by atoms with Gasteiger partial charge in [0.05, 0.1) is 12.4 Å². The molecule has 24 heavy (non-hydrogen) atoms. The number of hydrogen-bond donors (Lipinski definition) is 1. The Balaban J connectivity index is 1.69. The van der Waals surface area contributed by atoms with Crippen LogP contribution in [0.5, 0.6) is 0 Å². The largest absolute Gasteiger partial charge is 0.339 e. The van der Waals surface area contributed by atoms with Crippen LogP contribution in [0.1, 0.15) is 47.0 Å². The molecule has 124 valence electrons. The molecule has 1 N–H and O–H groups in total. The number of likely N-dealkylation sites (tertiary alicyclic amines) is 1. The third kappa shape index (κ3) is 3.76. The van der Waals surface area contributed by atoms with Crippen molar-refractivity contribution in [2.45, 2.75) is 26.2 Å².